The number of hydrogen-bond donors (Lipinski definition) is 1. The van der Waals surface area contributed by atoms with E-state index >= 15 is 0 Å². The van der Waals surface area contributed by atoms with E-state index in [1.165, 1.54) is 0 Å². The first-order valence-corrected chi connectivity index (χ1v) is 7.99. The Bertz CT molecular complexity index is 551. The zero-order valence-corrected chi connectivity index (χ0v) is 11.7. The van der Waals surface area contributed by atoms with Gasteiger partial charge in [0.05, 0.1) is 6.61 Å². The molecule has 1 aliphatic carbocycles. The van der Waals surface area contributed by atoms with Crippen molar-refractivity contribution in [1.29, 1.82) is 0 Å². The first-order chi connectivity index (χ1) is 9.48. The molecule has 0 radical (unpaired) electrons. The molecule has 1 fully saturated rings. The Morgan fingerprint density at radius 3 is 2.25 bits per heavy atom. The fourth-order valence-corrected chi connectivity index (χ4v) is 4.42. The second-order valence-electron chi connectivity index (χ2n) is 4.83. The minimum absolute atomic E-state index is 0.152. The average molecular weight is 305 g/mol. The number of benzene rings is 1. The van der Waals surface area contributed by atoms with Gasteiger partial charge in [0.1, 0.15) is 11.6 Å². The van der Waals surface area contributed by atoms with Crippen LogP contribution in [0.25, 0.3) is 0 Å². The van der Waals surface area contributed by atoms with Gasteiger partial charge in [-0.15, -0.1) is 0 Å². The first-order valence-electron chi connectivity index (χ1n) is 6.55. The van der Waals surface area contributed by atoms with Crippen LogP contribution >= 0.6 is 0 Å². The molecule has 0 aromatic heterocycles. The van der Waals surface area contributed by atoms with Gasteiger partial charge in [-0.05, 0) is 25.0 Å². The largest absolute Gasteiger partial charge is 0.395 e. The lowest BCUT2D eigenvalue weighted by Crippen LogP contribution is -2.41. The van der Waals surface area contributed by atoms with Crippen molar-refractivity contribution in [2.75, 3.05) is 13.2 Å². The maximum Gasteiger partial charge on any atom is 0.249 e. The number of aliphatic hydroxyl groups excluding tert-OH is 1. The maximum atomic E-state index is 13.7. The summed E-state index contributed by atoms with van der Waals surface area (Å²) in [6, 6.07) is 2.66. The van der Waals surface area contributed by atoms with Gasteiger partial charge in [0, 0.05) is 12.6 Å². The number of nitrogens with zero attached hydrogens (tertiary/aromatic N) is 1. The molecule has 4 nitrogen and oxygen atoms in total. The molecule has 1 aromatic rings. The molecule has 0 saturated heterocycles. The molecule has 0 bridgehead atoms. The van der Waals surface area contributed by atoms with Gasteiger partial charge in [0.2, 0.25) is 10.0 Å². The quantitative estimate of drug-likeness (QED) is 0.904. The van der Waals surface area contributed by atoms with Crippen LogP contribution in [0.1, 0.15) is 25.7 Å². The van der Waals surface area contributed by atoms with Gasteiger partial charge in [0.15, 0.2) is 4.90 Å². The highest BCUT2D eigenvalue weighted by Gasteiger charge is 2.36. The van der Waals surface area contributed by atoms with E-state index in [0.29, 0.717) is 12.8 Å². The van der Waals surface area contributed by atoms with Crippen LogP contribution < -0.4 is 0 Å². The lowest BCUT2D eigenvalue weighted by atomic mass is 10.2. The maximum absolute atomic E-state index is 13.7. The molecule has 1 saturated carbocycles. The van der Waals surface area contributed by atoms with Gasteiger partial charge >= 0.3 is 0 Å². The third-order valence-corrected chi connectivity index (χ3v) is 5.54. The van der Waals surface area contributed by atoms with E-state index in [0.717, 1.165) is 35.3 Å². The second-order valence-corrected chi connectivity index (χ2v) is 6.66. The summed E-state index contributed by atoms with van der Waals surface area (Å²) < 4.78 is 53.5. The molecule has 0 atom stereocenters. The Labute approximate surface area is 117 Å². The smallest absolute Gasteiger partial charge is 0.249 e. The van der Waals surface area contributed by atoms with Gasteiger partial charge in [-0.2, -0.15) is 4.31 Å². The summed E-state index contributed by atoms with van der Waals surface area (Å²) in [6.07, 6.45) is 3.05. The third kappa shape index (κ3) is 2.84. The molecular weight excluding hydrogens is 288 g/mol. The van der Waals surface area contributed by atoms with E-state index in [2.05, 4.69) is 0 Å². The molecule has 0 unspecified atom stereocenters. The van der Waals surface area contributed by atoms with Gasteiger partial charge in [-0.25, -0.2) is 17.2 Å². The van der Waals surface area contributed by atoms with Gasteiger partial charge in [-0.3, -0.25) is 0 Å². The Morgan fingerprint density at radius 1 is 1.20 bits per heavy atom. The second kappa shape index (κ2) is 6.15. The summed E-state index contributed by atoms with van der Waals surface area (Å²) in [5, 5.41) is 9.05. The van der Waals surface area contributed by atoms with E-state index in [4.69, 9.17) is 5.11 Å². The normalized spacial score (nSPS) is 17.0. The van der Waals surface area contributed by atoms with Crippen LogP contribution in [-0.2, 0) is 10.0 Å². The van der Waals surface area contributed by atoms with Crippen molar-refractivity contribution in [1.82, 2.24) is 4.31 Å². The molecule has 1 N–H and O–H groups in total. The van der Waals surface area contributed by atoms with Crippen LogP contribution in [0.5, 0.6) is 0 Å². The Hall–Kier alpha value is -1.05. The van der Waals surface area contributed by atoms with Gasteiger partial charge in [-0.1, -0.05) is 18.9 Å². The fraction of sp³-hybridized carbons (Fsp3) is 0.538. The number of halogens is 2. The van der Waals surface area contributed by atoms with Crippen molar-refractivity contribution >= 4 is 10.0 Å². The summed E-state index contributed by atoms with van der Waals surface area (Å²) >= 11 is 0. The van der Waals surface area contributed by atoms with Crippen molar-refractivity contribution in [2.45, 2.75) is 36.6 Å². The van der Waals surface area contributed by atoms with E-state index in [-0.39, 0.29) is 19.2 Å². The predicted octanol–water partition coefficient (Wildman–Crippen LogP) is 1.89. The highest BCUT2D eigenvalue weighted by Crippen LogP contribution is 2.30. The van der Waals surface area contributed by atoms with Crippen molar-refractivity contribution in [3.05, 3.63) is 29.8 Å². The predicted molar refractivity (Wildman–Crippen MR) is 69.6 cm³/mol. The summed E-state index contributed by atoms with van der Waals surface area (Å²) in [5.74, 6) is -2.21. The molecule has 20 heavy (non-hydrogen) atoms. The van der Waals surface area contributed by atoms with Crippen molar-refractivity contribution < 1.29 is 22.3 Å². The van der Waals surface area contributed by atoms with Crippen molar-refractivity contribution in [2.24, 2.45) is 0 Å². The van der Waals surface area contributed by atoms with Gasteiger partial charge in [0.25, 0.3) is 0 Å². The van der Waals surface area contributed by atoms with Crippen molar-refractivity contribution in [3.63, 3.8) is 0 Å². The lowest BCUT2D eigenvalue weighted by molar-refractivity contribution is 0.225. The standard InChI is InChI=1S/C13H17F2NO3S/c14-11-6-3-7-12(15)13(11)20(18,19)16(8-9-17)10-4-1-2-5-10/h3,6-7,10,17H,1-2,4-5,8-9H2. The molecule has 1 aromatic carbocycles. The Kier molecular flexibility index (Phi) is 4.72. The number of sulfonamides is 1. The van der Waals surface area contributed by atoms with Crippen molar-refractivity contribution in [3.8, 4) is 0 Å². The highest BCUT2D eigenvalue weighted by atomic mass is 32.2. The fourth-order valence-electron chi connectivity index (χ4n) is 2.64. The molecule has 2 rings (SSSR count). The first kappa shape index (κ1) is 15.3. The van der Waals surface area contributed by atoms with Crippen LogP contribution in [0.2, 0.25) is 0 Å². The van der Waals surface area contributed by atoms with Crippen LogP contribution in [0.15, 0.2) is 23.1 Å². The van der Waals surface area contributed by atoms with E-state index in [9.17, 15) is 17.2 Å². The molecule has 0 amide bonds. The SMILES string of the molecule is O=S(=O)(c1c(F)cccc1F)N(CCO)C1CCCC1. The minimum atomic E-state index is -4.28. The monoisotopic (exact) mass is 305 g/mol. The summed E-state index contributed by atoms with van der Waals surface area (Å²) in [4.78, 5) is -0.930. The molecule has 1 aliphatic rings. The molecule has 112 valence electrons. The summed E-state index contributed by atoms with van der Waals surface area (Å²) in [7, 11) is -4.28. The lowest BCUT2D eigenvalue weighted by Gasteiger charge is -2.27. The van der Waals surface area contributed by atoms with E-state index < -0.39 is 26.6 Å². The Morgan fingerprint density at radius 2 is 1.75 bits per heavy atom. The van der Waals surface area contributed by atoms with Crippen LogP contribution in [0.3, 0.4) is 0 Å². The third-order valence-electron chi connectivity index (χ3n) is 3.54. The molecular formula is C13H17F2NO3S. The molecule has 7 heteroatoms. The molecule has 0 heterocycles. The number of hydrogen-bond acceptors (Lipinski definition) is 3. The molecule has 0 spiro atoms. The topological polar surface area (TPSA) is 57.6 Å². The van der Waals surface area contributed by atoms with Gasteiger partial charge < -0.3 is 5.11 Å². The zero-order valence-electron chi connectivity index (χ0n) is 10.9. The zero-order chi connectivity index (χ0) is 14.8. The van der Waals surface area contributed by atoms with E-state index in [1.807, 2.05) is 0 Å². The average Bonchev–Trinajstić information content (AvgIpc) is 2.88. The van der Waals surface area contributed by atoms with E-state index in [1.54, 1.807) is 0 Å². The highest BCUT2D eigenvalue weighted by molar-refractivity contribution is 7.89. The summed E-state index contributed by atoms with van der Waals surface area (Å²) in [6.45, 7) is -0.535. The van der Waals surface area contributed by atoms with Crippen LogP contribution in [0.4, 0.5) is 8.78 Å². The number of rotatable bonds is 5. The minimum Gasteiger partial charge on any atom is -0.395 e. The molecule has 0 aliphatic heterocycles. The van der Waals surface area contributed by atoms with Crippen LogP contribution in [-0.4, -0.2) is 37.0 Å². The van der Waals surface area contributed by atoms with Crippen LogP contribution in [0, 0.1) is 11.6 Å². The number of aliphatic hydroxyl groups is 1. The Balaban J connectivity index is 2.45. The summed E-state index contributed by atoms with van der Waals surface area (Å²) in [5.41, 5.74) is 0.